The molecule has 0 spiro atoms. The molecule has 7 heteroatoms. The minimum atomic E-state index is -0.339. The Kier molecular flexibility index (Phi) is 4.16. The van der Waals surface area contributed by atoms with Crippen LogP contribution in [0.3, 0.4) is 0 Å². The van der Waals surface area contributed by atoms with E-state index in [4.69, 9.17) is 9.57 Å². The molecule has 1 aliphatic rings. The zero-order chi connectivity index (χ0) is 13.0. The Bertz CT molecular complexity index is 401. The number of aromatic nitrogens is 2. The van der Waals surface area contributed by atoms with E-state index in [2.05, 4.69) is 10.4 Å². The summed E-state index contributed by atoms with van der Waals surface area (Å²) in [5, 5.41) is 7.96. The minimum absolute atomic E-state index is 0.232. The smallest absolute Gasteiger partial charge is 0.345 e. The Morgan fingerprint density at radius 3 is 3.28 bits per heavy atom. The zero-order valence-corrected chi connectivity index (χ0v) is 10.6. The Morgan fingerprint density at radius 1 is 1.78 bits per heavy atom. The van der Waals surface area contributed by atoms with Crippen LogP contribution >= 0.6 is 0 Å². The summed E-state index contributed by atoms with van der Waals surface area (Å²) in [5.41, 5.74) is 0.641. The third-order valence-corrected chi connectivity index (χ3v) is 2.86. The summed E-state index contributed by atoms with van der Waals surface area (Å²) in [6.45, 7) is 1.55. The molecule has 2 rings (SSSR count). The molecule has 7 nitrogen and oxygen atoms in total. The third kappa shape index (κ3) is 3.21. The molecule has 1 atom stereocenters. The number of hydrogen-bond donors (Lipinski definition) is 1. The molecule has 1 aromatic heterocycles. The van der Waals surface area contributed by atoms with Gasteiger partial charge in [0.15, 0.2) is 0 Å². The van der Waals surface area contributed by atoms with Crippen LogP contribution in [0.5, 0.6) is 0 Å². The lowest BCUT2D eigenvalue weighted by molar-refractivity contribution is -0.0598. The van der Waals surface area contributed by atoms with Crippen molar-refractivity contribution in [3.05, 3.63) is 12.4 Å². The standard InChI is InChI=1S/C11H18N4O3/c1-14(17-2)11(16)13-9-6-12-15(7-9)8-10-4-3-5-18-10/h6-7,10H,3-5,8H2,1-2H3,(H,13,16)/t10-/m1/s1. The van der Waals surface area contributed by atoms with Gasteiger partial charge in [0, 0.05) is 19.9 Å². The third-order valence-electron chi connectivity index (χ3n) is 2.86. The topological polar surface area (TPSA) is 68.6 Å². The lowest BCUT2D eigenvalue weighted by Gasteiger charge is -2.13. The number of carbonyl (C=O) groups excluding carboxylic acids is 1. The van der Waals surface area contributed by atoms with Gasteiger partial charge >= 0.3 is 6.03 Å². The number of nitrogens with one attached hydrogen (secondary N) is 1. The van der Waals surface area contributed by atoms with Crippen molar-refractivity contribution in [2.45, 2.75) is 25.5 Å². The lowest BCUT2D eigenvalue weighted by Crippen LogP contribution is -2.30. The van der Waals surface area contributed by atoms with E-state index in [-0.39, 0.29) is 12.1 Å². The number of ether oxygens (including phenoxy) is 1. The SMILES string of the molecule is CON(C)C(=O)Nc1cnn(C[C@H]2CCCO2)c1. The van der Waals surface area contributed by atoms with Crippen LogP contribution in [0.4, 0.5) is 10.5 Å². The Labute approximate surface area is 106 Å². The first-order chi connectivity index (χ1) is 8.69. The van der Waals surface area contributed by atoms with Crippen LogP contribution < -0.4 is 5.32 Å². The van der Waals surface area contributed by atoms with E-state index in [1.54, 1.807) is 17.1 Å². The number of carbonyl (C=O) groups is 1. The molecule has 0 aromatic carbocycles. The fourth-order valence-corrected chi connectivity index (χ4v) is 1.81. The molecule has 1 N–H and O–H groups in total. The van der Waals surface area contributed by atoms with Gasteiger partial charge in [-0.1, -0.05) is 0 Å². The highest BCUT2D eigenvalue weighted by Crippen LogP contribution is 2.15. The average Bonchev–Trinajstić information content (AvgIpc) is 3.01. The molecule has 0 unspecified atom stereocenters. The van der Waals surface area contributed by atoms with Gasteiger partial charge in [-0.25, -0.2) is 9.86 Å². The monoisotopic (exact) mass is 254 g/mol. The van der Waals surface area contributed by atoms with Gasteiger partial charge in [0.1, 0.15) is 0 Å². The van der Waals surface area contributed by atoms with Crippen molar-refractivity contribution in [2.24, 2.45) is 0 Å². The average molecular weight is 254 g/mol. The van der Waals surface area contributed by atoms with Crippen LogP contribution in [0.1, 0.15) is 12.8 Å². The second-order valence-electron chi connectivity index (χ2n) is 4.20. The summed E-state index contributed by atoms with van der Waals surface area (Å²) in [5.74, 6) is 0. The quantitative estimate of drug-likeness (QED) is 0.817. The summed E-state index contributed by atoms with van der Waals surface area (Å²) >= 11 is 0. The van der Waals surface area contributed by atoms with Crippen molar-refractivity contribution in [3.8, 4) is 0 Å². The van der Waals surface area contributed by atoms with Crippen molar-refractivity contribution in [2.75, 3.05) is 26.1 Å². The molecule has 1 aromatic rings. The molecule has 1 fully saturated rings. The molecule has 0 saturated carbocycles. The van der Waals surface area contributed by atoms with Gasteiger partial charge < -0.3 is 10.1 Å². The fourth-order valence-electron chi connectivity index (χ4n) is 1.81. The van der Waals surface area contributed by atoms with Gasteiger partial charge in [0.05, 0.1) is 31.6 Å². The van der Waals surface area contributed by atoms with Crippen LogP contribution in [0.15, 0.2) is 12.4 Å². The van der Waals surface area contributed by atoms with Crippen molar-refractivity contribution in [1.29, 1.82) is 0 Å². The summed E-state index contributed by atoms with van der Waals surface area (Å²) in [6.07, 6.45) is 5.79. The highest BCUT2D eigenvalue weighted by molar-refractivity contribution is 5.87. The molecular formula is C11H18N4O3. The predicted octanol–water partition coefficient (Wildman–Crippen LogP) is 1.09. The number of hydroxylamine groups is 2. The maximum Gasteiger partial charge on any atom is 0.345 e. The largest absolute Gasteiger partial charge is 0.376 e. The first-order valence-corrected chi connectivity index (χ1v) is 5.92. The van der Waals surface area contributed by atoms with Crippen molar-refractivity contribution in [3.63, 3.8) is 0 Å². The number of urea groups is 1. The normalized spacial score (nSPS) is 18.9. The maximum atomic E-state index is 11.5. The van der Waals surface area contributed by atoms with E-state index >= 15 is 0 Å². The number of amides is 2. The molecule has 18 heavy (non-hydrogen) atoms. The van der Waals surface area contributed by atoms with E-state index in [9.17, 15) is 4.79 Å². The molecule has 0 aliphatic carbocycles. The first kappa shape index (κ1) is 12.8. The molecule has 1 aliphatic heterocycles. The van der Waals surface area contributed by atoms with Crippen molar-refractivity contribution >= 4 is 11.7 Å². The highest BCUT2D eigenvalue weighted by Gasteiger charge is 2.16. The number of anilines is 1. The number of hydrogen-bond acceptors (Lipinski definition) is 4. The Morgan fingerprint density at radius 2 is 2.61 bits per heavy atom. The van der Waals surface area contributed by atoms with E-state index in [1.807, 2.05) is 0 Å². The second kappa shape index (κ2) is 5.83. The summed E-state index contributed by atoms with van der Waals surface area (Å²) in [7, 11) is 2.96. The van der Waals surface area contributed by atoms with E-state index in [0.717, 1.165) is 31.1 Å². The number of nitrogens with zero attached hydrogens (tertiary/aromatic N) is 3. The second-order valence-corrected chi connectivity index (χ2v) is 4.20. The van der Waals surface area contributed by atoms with Crippen LogP contribution in [0.25, 0.3) is 0 Å². The fraction of sp³-hybridized carbons (Fsp3) is 0.636. The predicted molar refractivity (Wildman–Crippen MR) is 65.0 cm³/mol. The van der Waals surface area contributed by atoms with E-state index < -0.39 is 0 Å². The highest BCUT2D eigenvalue weighted by atomic mass is 16.7. The van der Waals surface area contributed by atoms with Gasteiger partial charge in [-0.3, -0.25) is 9.52 Å². The Hall–Kier alpha value is -1.60. The first-order valence-electron chi connectivity index (χ1n) is 5.92. The van der Waals surface area contributed by atoms with Crippen molar-refractivity contribution in [1.82, 2.24) is 14.8 Å². The van der Waals surface area contributed by atoms with Crippen LogP contribution in [-0.2, 0) is 16.1 Å². The molecule has 100 valence electrons. The van der Waals surface area contributed by atoms with Gasteiger partial charge in [-0.05, 0) is 12.8 Å². The van der Waals surface area contributed by atoms with Crippen LogP contribution in [0.2, 0.25) is 0 Å². The molecule has 2 heterocycles. The zero-order valence-electron chi connectivity index (χ0n) is 10.6. The summed E-state index contributed by atoms with van der Waals surface area (Å²) in [6, 6.07) is -0.339. The van der Waals surface area contributed by atoms with Gasteiger partial charge in [-0.2, -0.15) is 5.10 Å². The lowest BCUT2D eigenvalue weighted by atomic mass is 10.2. The maximum absolute atomic E-state index is 11.5. The van der Waals surface area contributed by atoms with Gasteiger partial charge in [-0.15, -0.1) is 0 Å². The number of rotatable bonds is 4. The van der Waals surface area contributed by atoms with Gasteiger partial charge in [0.2, 0.25) is 0 Å². The molecule has 0 bridgehead atoms. The summed E-state index contributed by atoms with van der Waals surface area (Å²) in [4.78, 5) is 16.3. The van der Waals surface area contributed by atoms with E-state index in [1.165, 1.54) is 14.2 Å². The van der Waals surface area contributed by atoms with Crippen LogP contribution in [-0.4, -0.2) is 47.7 Å². The van der Waals surface area contributed by atoms with E-state index in [0.29, 0.717) is 5.69 Å². The molecular weight excluding hydrogens is 236 g/mol. The molecule has 0 radical (unpaired) electrons. The summed E-state index contributed by atoms with van der Waals surface area (Å²) < 4.78 is 7.30. The Balaban J connectivity index is 1.87. The molecule has 1 saturated heterocycles. The molecule has 2 amide bonds. The van der Waals surface area contributed by atoms with Crippen molar-refractivity contribution < 1.29 is 14.4 Å². The minimum Gasteiger partial charge on any atom is -0.376 e. The van der Waals surface area contributed by atoms with Gasteiger partial charge in [0.25, 0.3) is 0 Å². The van der Waals surface area contributed by atoms with Crippen LogP contribution in [0, 0.1) is 0 Å².